The van der Waals surface area contributed by atoms with E-state index in [0.717, 1.165) is 11.1 Å². The van der Waals surface area contributed by atoms with Crippen LogP contribution in [0.5, 0.6) is 11.5 Å². The van der Waals surface area contributed by atoms with Crippen LogP contribution in [0.2, 0.25) is 0 Å². The molecule has 0 radical (unpaired) electrons. The molecular formula is C29H25N3O6. The van der Waals surface area contributed by atoms with Gasteiger partial charge in [-0.15, -0.1) is 0 Å². The van der Waals surface area contributed by atoms with Gasteiger partial charge in [0.15, 0.2) is 11.5 Å². The minimum Gasteiger partial charge on any atom is -0.486 e. The number of fused-ring (bicyclic) bond motifs is 2. The van der Waals surface area contributed by atoms with Crippen LogP contribution in [-0.4, -0.2) is 51.7 Å². The molecule has 3 aromatic carbocycles. The Hall–Kier alpha value is -4.63. The second-order valence-corrected chi connectivity index (χ2v) is 9.19. The molecule has 2 unspecified atom stereocenters. The van der Waals surface area contributed by atoms with E-state index in [9.17, 15) is 14.7 Å². The summed E-state index contributed by atoms with van der Waals surface area (Å²) in [7, 11) is 0. The van der Waals surface area contributed by atoms with Gasteiger partial charge in [0, 0.05) is 23.0 Å². The lowest BCUT2D eigenvalue weighted by molar-refractivity contribution is -0.139. The molecule has 1 amide bonds. The maximum atomic E-state index is 13.9. The monoisotopic (exact) mass is 511 g/mol. The number of anilines is 1. The van der Waals surface area contributed by atoms with Gasteiger partial charge in [-0.1, -0.05) is 36.4 Å². The van der Waals surface area contributed by atoms with E-state index >= 15 is 0 Å². The number of ether oxygens (including phenoxy) is 2. The highest BCUT2D eigenvalue weighted by atomic mass is 16.6. The summed E-state index contributed by atoms with van der Waals surface area (Å²) in [6, 6.07) is 18.8. The summed E-state index contributed by atoms with van der Waals surface area (Å²) in [5, 5.41) is 23.8. The van der Waals surface area contributed by atoms with Crippen molar-refractivity contribution in [3.63, 3.8) is 0 Å². The van der Waals surface area contributed by atoms with Crippen LogP contribution in [0.4, 0.5) is 5.69 Å². The lowest BCUT2D eigenvalue weighted by Crippen LogP contribution is -2.45. The SMILES string of the molecule is O=C(O)C1c2ccccc2C(=O)N(c2ccc(-c3cnn(CCO)c3)cc2)C1c1ccc2c(c1)OCCO2. The van der Waals surface area contributed by atoms with E-state index in [-0.39, 0.29) is 12.5 Å². The fraction of sp³-hybridized carbons (Fsp3) is 0.207. The van der Waals surface area contributed by atoms with Gasteiger partial charge < -0.3 is 19.7 Å². The van der Waals surface area contributed by atoms with E-state index in [4.69, 9.17) is 14.6 Å². The molecule has 9 heteroatoms. The number of carboxylic acid groups (broad SMARTS) is 1. The minimum absolute atomic E-state index is 0.00933. The standard InChI is InChI=1S/C29H25N3O6/c33-12-11-31-17-20(16-30-31)18-5-8-21(9-6-18)32-27(19-7-10-24-25(15-19)38-14-13-37-24)26(29(35)36)22-3-1-2-4-23(22)28(32)34/h1-10,15-17,26-27,33H,11-14H2,(H,35,36). The number of aliphatic hydroxyl groups excluding tert-OH is 1. The topological polar surface area (TPSA) is 114 Å². The zero-order valence-corrected chi connectivity index (χ0v) is 20.4. The van der Waals surface area contributed by atoms with Crippen molar-refractivity contribution in [2.75, 3.05) is 24.7 Å². The Morgan fingerprint density at radius 2 is 1.74 bits per heavy atom. The molecule has 0 fully saturated rings. The van der Waals surface area contributed by atoms with Crippen molar-refractivity contribution in [1.82, 2.24) is 9.78 Å². The van der Waals surface area contributed by atoms with Crippen molar-refractivity contribution in [3.8, 4) is 22.6 Å². The molecule has 4 aromatic rings. The Kier molecular flexibility index (Phi) is 6.05. The highest BCUT2D eigenvalue weighted by Crippen LogP contribution is 2.47. The van der Waals surface area contributed by atoms with E-state index < -0.39 is 17.9 Å². The number of aliphatic hydroxyl groups is 1. The Morgan fingerprint density at radius 1 is 0.974 bits per heavy atom. The van der Waals surface area contributed by atoms with Gasteiger partial charge in [0.05, 0.1) is 25.4 Å². The number of benzene rings is 3. The predicted molar refractivity (Wildman–Crippen MR) is 139 cm³/mol. The van der Waals surface area contributed by atoms with Crippen molar-refractivity contribution in [3.05, 3.63) is 95.8 Å². The molecule has 6 rings (SSSR count). The number of aromatic nitrogens is 2. The van der Waals surface area contributed by atoms with Crippen LogP contribution in [-0.2, 0) is 11.3 Å². The van der Waals surface area contributed by atoms with Gasteiger partial charge in [0.2, 0.25) is 0 Å². The Bertz CT molecular complexity index is 1510. The molecule has 38 heavy (non-hydrogen) atoms. The normalized spacial score (nSPS) is 18.2. The molecule has 2 atom stereocenters. The Labute approximate surface area is 218 Å². The van der Waals surface area contributed by atoms with Crippen molar-refractivity contribution in [2.45, 2.75) is 18.5 Å². The van der Waals surface area contributed by atoms with Gasteiger partial charge in [-0.05, 0) is 47.0 Å². The Balaban J connectivity index is 1.46. The van der Waals surface area contributed by atoms with Crippen LogP contribution in [0.15, 0.2) is 79.1 Å². The third-order valence-electron chi connectivity index (χ3n) is 6.95. The molecule has 3 heterocycles. The molecule has 2 N–H and O–H groups in total. The van der Waals surface area contributed by atoms with Gasteiger partial charge in [-0.2, -0.15) is 5.10 Å². The first-order valence-electron chi connectivity index (χ1n) is 12.3. The lowest BCUT2D eigenvalue weighted by Gasteiger charge is -2.41. The zero-order valence-electron chi connectivity index (χ0n) is 20.4. The summed E-state index contributed by atoms with van der Waals surface area (Å²) in [5.41, 5.74) is 3.80. The number of nitrogens with zero attached hydrogens (tertiary/aromatic N) is 3. The van der Waals surface area contributed by atoms with Gasteiger partial charge in [-0.3, -0.25) is 19.2 Å². The van der Waals surface area contributed by atoms with E-state index in [0.29, 0.717) is 53.6 Å². The average Bonchev–Trinajstić information content (AvgIpc) is 3.41. The van der Waals surface area contributed by atoms with Crippen LogP contribution >= 0.6 is 0 Å². The molecule has 2 aliphatic rings. The number of amides is 1. The third kappa shape index (κ3) is 4.06. The number of hydrogen-bond donors (Lipinski definition) is 2. The zero-order chi connectivity index (χ0) is 26.2. The van der Waals surface area contributed by atoms with Crippen molar-refractivity contribution in [1.29, 1.82) is 0 Å². The van der Waals surface area contributed by atoms with Crippen molar-refractivity contribution in [2.24, 2.45) is 0 Å². The molecule has 9 nitrogen and oxygen atoms in total. The molecule has 0 saturated heterocycles. The van der Waals surface area contributed by atoms with Crippen LogP contribution in [0.25, 0.3) is 11.1 Å². The average molecular weight is 512 g/mol. The second-order valence-electron chi connectivity index (χ2n) is 9.19. The molecule has 0 aliphatic carbocycles. The van der Waals surface area contributed by atoms with Crippen LogP contribution in [0.3, 0.4) is 0 Å². The minimum atomic E-state index is -1.03. The number of carbonyl (C=O) groups excluding carboxylic acids is 1. The maximum absolute atomic E-state index is 13.9. The van der Waals surface area contributed by atoms with Crippen molar-refractivity contribution >= 4 is 17.6 Å². The first-order chi connectivity index (χ1) is 18.5. The fourth-order valence-electron chi connectivity index (χ4n) is 5.22. The molecule has 1 aromatic heterocycles. The summed E-state index contributed by atoms with van der Waals surface area (Å²) in [4.78, 5) is 28.2. The second kappa shape index (κ2) is 9.68. The van der Waals surface area contributed by atoms with Crippen LogP contribution < -0.4 is 14.4 Å². The quantitative estimate of drug-likeness (QED) is 0.404. The van der Waals surface area contributed by atoms with Gasteiger partial charge in [0.1, 0.15) is 19.1 Å². The largest absolute Gasteiger partial charge is 0.486 e. The molecule has 0 bridgehead atoms. The van der Waals surface area contributed by atoms with Crippen molar-refractivity contribution < 1.29 is 29.3 Å². The van der Waals surface area contributed by atoms with Gasteiger partial charge in [-0.25, -0.2) is 0 Å². The summed E-state index contributed by atoms with van der Waals surface area (Å²) in [6.45, 7) is 1.22. The number of aliphatic carboxylic acids is 1. The van der Waals surface area contributed by atoms with E-state index in [1.54, 1.807) is 58.2 Å². The van der Waals surface area contributed by atoms with E-state index in [1.807, 2.05) is 30.5 Å². The number of carboxylic acids is 1. The third-order valence-corrected chi connectivity index (χ3v) is 6.95. The lowest BCUT2D eigenvalue weighted by atomic mass is 9.79. The smallest absolute Gasteiger partial charge is 0.313 e. The van der Waals surface area contributed by atoms with E-state index in [2.05, 4.69) is 5.10 Å². The molecular weight excluding hydrogens is 486 g/mol. The van der Waals surface area contributed by atoms with Gasteiger partial charge >= 0.3 is 5.97 Å². The maximum Gasteiger partial charge on any atom is 0.313 e. The number of hydrogen-bond acceptors (Lipinski definition) is 6. The van der Waals surface area contributed by atoms with Crippen LogP contribution in [0, 0.1) is 0 Å². The number of rotatable bonds is 6. The summed E-state index contributed by atoms with van der Waals surface area (Å²) in [6.07, 6.45) is 3.55. The van der Waals surface area contributed by atoms with E-state index in [1.165, 1.54) is 0 Å². The highest BCUT2D eigenvalue weighted by molar-refractivity contribution is 6.11. The van der Waals surface area contributed by atoms with Crippen LogP contribution in [0.1, 0.15) is 33.4 Å². The molecule has 2 aliphatic heterocycles. The summed E-state index contributed by atoms with van der Waals surface area (Å²) in [5.74, 6) is -1.18. The molecule has 0 spiro atoms. The first-order valence-corrected chi connectivity index (χ1v) is 12.3. The Morgan fingerprint density at radius 3 is 2.50 bits per heavy atom. The number of carbonyl (C=O) groups is 2. The highest BCUT2D eigenvalue weighted by Gasteiger charge is 2.45. The summed E-state index contributed by atoms with van der Waals surface area (Å²) >= 11 is 0. The fourth-order valence-corrected chi connectivity index (χ4v) is 5.22. The molecule has 0 saturated carbocycles. The molecule has 192 valence electrons. The first kappa shape index (κ1) is 23.7. The summed E-state index contributed by atoms with van der Waals surface area (Å²) < 4.78 is 13.1. The van der Waals surface area contributed by atoms with Gasteiger partial charge in [0.25, 0.3) is 5.91 Å². The predicted octanol–water partition coefficient (Wildman–Crippen LogP) is 3.88.